The van der Waals surface area contributed by atoms with Crippen molar-refractivity contribution in [1.82, 2.24) is 14.5 Å². The van der Waals surface area contributed by atoms with E-state index in [-0.39, 0.29) is 0 Å². The van der Waals surface area contributed by atoms with Crippen molar-refractivity contribution in [2.45, 2.75) is 19.4 Å². The minimum Gasteiger partial charge on any atom is -0.399 e. The number of benzene rings is 3. The van der Waals surface area contributed by atoms with E-state index in [1.807, 2.05) is 12.1 Å². The Labute approximate surface area is 217 Å². The van der Waals surface area contributed by atoms with Gasteiger partial charge in [-0.15, -0.1) is 0 Å². The van der Waals surface area contributed by atoms with Crippen molar-refractivity contribution in [2.75, 3.05) is 56.6 Å². The predicted molar refractivity (Wildman–Crippen MR) is 153 cm³/mol. The number of nitrogen functional groups attached to an aromatic ring is 1. The molecule has 6 nitrogen and oxygen atoms in total. The molecule has 1 saturated heterocycles. The molecule has 0 saturated carbocycles. The Bertz CT molecular complexity index is 1580. The summed E-state index contributed by atoms with van der Waals surface area (Å²) in [6.45, 7) is 8.07. The second-order valence-electron chi connectivity index (χ2n) is 10.3. The highest BCUT2D eigenvalue weighted by atomic mass is 16.5. The number of aromatic nitrogens is 2. The highest BCUT2D eigenvalue weighted by Gasteiger charge is 2.25. The molecule has 188 valence electrons. The van der Waals surface area contributed by atoms with Crippen molar-refractivity contribution in [3.8, 4) is 11.1 Å². The van der Waals surface area contributed by atoms with Gasteiger partial charge < -0.3 is 19.9 Å². The van der Waals surface area contributed by atoms with Gasteiger partial charge in [-0.3, -0.25) is 4.90 Å². The van der Waals surface area contributed by atoms with Gasteiger partial charge in [-0.2, -0.15) is 0 Å². The van der Waals surface area contributed by atoms with Gasteiger partial charge in [-0.1, -0.05) is 36.4 Å². The van der Waals surface area contributed by atoms with E-state index in [0.717, 1.165) is 82.0 Å². The van der Waals surface area contributed by atoms with E-state index in [1.54, 1.807) is 0 Å². The van der Waals surface area contributed by atoms with Gasteiger partial charge in [-0.05, 0) is 54.3 Å². The van der Waals surface area contributed by atoms with Crippen LogP contribution in [0.2, 0.25) is 0 Å². The fourth-order valence-corrected chi connectivity index (χ4v) is 6.18. The third-order valence-corrected chi connectivity index (χ3v) is 8.03. The van der Waals surface area contributed by atoms with Crippen LogP contribution in [0, 0.1) is 0 Å². The lowest BCUT2D eigenvalue weighted by atomic mass is 10.0. The number of rotatable bonds is 5. The largest absolute Gasteiger partial charge is 0.399 e. The summed E-state index contributed by atoms with van der Waals surface area (Å²) in [6.07, 6.45) is 2.28. The molecule has 1 fully saturated rings. The van der Waals surface area contributed by atoms with E-state index in [2.05, 4.69) is 69.0 Å². The first-order valence-corrected chi connectivity index (χ1v) is 13.5. The Morgan fingerprint density at radius 2 is 1.62 bits per heavy atom. The summed E-state index contributed by atoms with van der Waals surface area (Å²) in [5.41, 5.74) is 15.2. The lowest BCUT2D eigenvalue weighted by molar-refractivity contribution is 0.0376. The number of fused-ring (bicyclic) bond motifs is 5. The fourth-order valence-electron chi connectivity index (χ4n) is 6.18. The number of ether oxygens (including phenoxy) is 1. The molecule has 3 aromatic carbocycles. The third kappa shape index (κ3) is 4.01. The molecule has 0 atom stereocenters. The van der Waals surface area contributed by atoms with Crippen molar-refractivity contribution >= 4 is 44.2 Å². The topological polar surface area (TPSA) is 59.5 Å². The summed E-state index contributed by atoms with van der Waals surface area (Å²) in [5, 5.41) is 2.48. The zero-order valence-corrected chi connectivity index (χ0v) is 21.2. The van der Waals surface area contributed by atoms with E-state index in [9.17, 15) is 0 Å². The van der Waals surface area contributed by atoms with E-state index in [1.165, 1.54) is 38.6 Å². The van der Waals surface area contributed by atoms with Crippen molar-refractivity contribution in [3.63, 3.8) is 0 Å². The number of morpholine rings is 1. The summed E-state index contributed by atoms with van der Waals surface area (Å²) in [7, 11) is 0. The minimum atomic E-state index is 0.787. The Kier molecular flexibility index (Phi) is 5.71. The van der Waals surface area contributed by atoms with Gasteiger partial charge in [0.1, 0.15) is 0 Å². The van der Waals surface area contributed by atoms with Gasteiger partial charge in [-0.25, -0.2) is 4.98 Å². The van der Waals surface area contributed by atoms with Crippen LogP contribution < -0.4 is 10.6 Å². The van der Waals surface area contributed by atoms with Gasteiger partial charge in [0.15, 0.2) is 0 Å². The highest BCUT2D eigenvalue weighted by molar-refractivity contribution is 6.17. The molecular formula is C31H33N5O. The molecule has 0 aliphatic carbocycles. The van der Waals surface area contributed by atoms with Crippen LogP contribution in [0.15, 0.2) is 66.7 Å². The molecule has 0 unspecified atom stereocenters. The number of nitrogens with two attached hydrogens (primary N) is 1. The quantitative estimate of drug-likeness (QED) is 0.328. The van der Waals surface area contributed by atoms with E-state index in [0.29, 0.717) is 0 Å². The second kappa shape index (κ2) is 9.36. The van der Waals surface area contributed by atoms with Crippen molar-refractivity contribution in [2.24, 2.45) is 0 Å². The zero-order valence-electron chi connectivity index (χ0n) is 21.2. The number of para-hydroxylation sites is 1. The van der Waals surface area contributed by atoms with Crippen LogP contribution >= 0.6 is 0 Å². The maximum absolute atomic E-state index is 5.95. The first-order chi connectivity index (χ1) is 18.3. The van der Waals surface area contributed by atoms with Gasteiger partial charge in [0.25, 0.3) is 0 Å². The van der Waals surface area contributed by atoms with E-state index < -0.39 is 0 Å². The number of nitrogens with zero attached hydrogens (tertiary/aromatic N) is 4. The van der Waals surface area contributed by atoms with Crippen LogP contribution in [0.3, 0.4) is 0 Å². The molecule has 6 heteroatoms. The summed E-state index contributed by atoms with van der Waals surface area (Å²) >= 11 is 0. The van der Waals surface area contributed by atoms with Crippen LogP contribution in [0.5, 0.6) is 0 Å². The van der Waals surface area contributed by atoms with Gasteiger partial charge in [0.05, 0.1) is 41.0 Å². The van der Waals surface area contributed by atoms with Crippen LogP contribution in [-0.2, 0) is 11.3 Å². The summed E-state index contributed by atoms with van der Waals surface area (Å²) in [4.78, 5) is 10.4. The van der Waals surface area contributed by atoms with Gasteiger partial charge in [0, 0.05) is 55.7 Å². The van der Waals surface area contributed by atoms with Crippen LogP contribution in [0.1, 0.15) is 12.8 Å². The van der Waals surface area contributed by atoms with E-state index >= 15 is 0 Å². The SMILES string of the molecule is Nc1ccc(-c2ccc3c(c2)c2nc4ccccc4c4c2n3CCCN4CCCN2CCOCC2)cc1. The maximum atomic E-state index is 5.95. The van der Waals surface area contributed by atoms with Crippen LogP contribution in [0.25, 0.3) is 44.0 Å². The normalized spacial score (nSPS) is 16.6. The summed E-state index contributed by atoms with van der Waals surface area (Å²) in [6, 6.07) is 23.6. The first kappa shape index (κ1) is 22.6. The molecule has 7 rings (SSSR count). The molecule has 4 heterocycles. The molecule has 2 aliphatic heterocycles. The fraction of sp³-hybridized carbons (Fsp3) is 0.323. The Balaban J connectivity index is 1.36. The van der Waals surface area contributed by atoms with Gasteiger partial charge >= 0.3 is 0 Å². The standard InChI is InChI=1S/C31H33N5O/c32-24-10-7-22(8-11-24)23-9-12-28-26(21-23)29-31-30(25-5-1-2-6-27(25)33-29)35(15-4-16-36(28)31)14-3-13-34-17-19-37-20-18-34/h1-2,5-12,21H,3-4,13-20,32H2. The monoisotopic (exact) mass is 491 g/mol. The molecule has 0 spiro atoms. The Morgan fingerprint density at radius 1 is 0.811 bits per heavy atom. The molecule has 2 aromatic heterocycles. The van der Waals surface area contributed by atoms with Gasteiger partial charge in [0.2, 0.25) is 0 Å². The zero-order chi connectivity index (χ0) is 24.8. The number of aryl methyl sites for hydroxylation is 1. The Morgan fingerprint density at radius 3 is 2.49 bits per heavy atom. The van der Waals surface area contributed by atoms with Crippen molar-refractivity contribution in [1.29, 1.82) is 0 Å². The van der Waals surface area contributed by atoms with Crippen LogP contribution in [-0.4, -0.2) is 60.4 Å². The average molecular weight is 492 g/mol. The number of pyridine rings is 1. The van der Waals surface area contributed by atoms with Crippen molar-refractivity contribution < 1.29 is 4.74 Å². The lowest BCUT2D eigenvalue weighted by Gasteiger charge is -2.29. The third-order valence-electron chi connectivity index (χ3n) is 8.03. The molecule has 37 heavy (non-hydrogen) atoms. The van der Waals surface area contributed by atoms with E-state index in [4.69, 9.17) is 15.5 Å². The van der Waals surface area contributed by atoms with Crippen molar-refractivity contribution in [3.05, 3.63) is 66.7 Å². The summed E-state index contributed by atoms with van der Waals surface area (Å²) in [5.74, 6) is 0. The molecule has 5 aromatic rings. The minimum absolute atomic E-state index is 0.787. The summed E-state index contributed by atoms with van der Waals surface area (Å²) < 4.78 is 8.06. The molecule has 2 N–H and O–H groups in total. The number of anilines is 2. The molecule has 0 bridgehead atoms. The molecular weight excluding hydrogens is 458 g/mol. The number of hydrogen-bond acceptors (Lipinski definition) is 5. The van der Waals surface area contributed by atoms with Crippen LogP contribution in [0.4, 0.5) is 11.4 Å². The predicted octanol–water partition coefficient (Wildman–Crippen LogP) is 5.52. The average Bonchev–Trinajstić information content (AvgIpc) is 3.11. The number of hydrogen-bond donors (Lipinski definition) is 1. The maximum Gasteiger partial charge on any atom is 0.0989 e. The first-order valence-electron chi connectivity index (χ1n) is 13.5. The molecule has 0 amide bonds. The second-order valence-corrected chi connectivity index (χ2v) is 10.3. The smallest absolute Gasteiger partial charge is 0.0989 e. The highest BCUT2D eigenvalue weighted by Crippen LogP contribution is 2.41. The molecule has 0 radical (unpaired) electrons. The molecule has 2 aliphatic rings. The lowest BCUT2D eigenvalue weighted by Crippen LogP contribution is -2.38. The Hall–Kier alpha value is -3.61.